The van der Waals surface area contributed by atoms with Crippen molar-refractivity contribution in [2.24, 2.45) is 0 Å². The Morgan fingerprint density at radius 2 is 1.03 bits per heavy atom. The monoisotopic (exact) mass is 500 g/mol. The van der Waals surface area contributed by atoms with E-state index >= 15 is 0 Å². The van der Waals surface area contributed by atoms with Crippen LogP contribution in [0.5, 0.6) is 0 Å². The smallest absolute Gasteiger partial charge is 0.143 e. The Bertz CT molecular complexity index is 1950. The highest BCUT2D eigenvalue weighted by Crippen LogP contribution is 2.46. The second-order valence-corrected chi connectivity index (χ2v) is 10.2. The lowest BCUT2D eigenvalue weighted by molar-refractivity contribution is 0.671. The van der Waals surface area contributed by atoms with Gasteiger partial charge in [-0.3, -0.25) is 0 Å². The molecular formula is C38H28O. The minimum atomic E-state index is 0.930. The van der Waals surface area contributed by atoms with Crippen LogP contribution < -0.4 is 0 Å². The lowest BCUT2D eigenvalue weighted by Gasteiger charge is -2.16. The topological polar surface area (TPSA) is 13.1 Å². The zero-order valence-corrected chi connectivity index (χ0v) is 22.1. The second kappa shape index (κ2) is 9.45. The van der Waals surface area contributed by atoms with Gasteiger partial charge in [-0.05, 0) is 70.5 Å². The van der Waals surface area contributed by atoms with E-state index in [4.69, 9.17) is 4.42 Å². The van der Waals surface area contributed by atoms with E-state index in [2.05, 4.69) is 147 Å². The first-order valence-corrected chi connectivity index (χ1v) is 13.4. The summed E-state index contributed by atoms with van der Waals surface area (Å²) in [6, 6.07) is 47.4. The van der Waals surface area contributed by atoms with Crippen molar-refractivity contribution in [2.45, 2.75) is 13.8 Å². The Kier molecular flexibility index (Phi) is 5.64. The van der Waals surface area contributed by atoms with Gasteiger partial charge in [0, 0.05) is 21.9 Å². The lowest BCUT2D eigenvalue weighted by Crippen LogP contribution is -1.92. The summed E-state index contributed by atoms with van der Waals surface area (Å²) in [6.07, 6.45) is 0. The molecular weight excluding hydrogens is 472 g/mol. The standard InChI is InChI=1S/C38H28O/c1-25-21-22-30(27-13-6-3-7-14-27)24-33(25)35-26(2)23-34(29-17-10-5-11-18-29)38-36(35)32-20-12-19-31(37(32)39-38)28-15-8-4-9-16-28/h3-24H,1-2H3. The van der Waals surface area contributed by atoms with Crippen LogP contribution in [0.1, 0.15) is 11.1 Å². The maximum Gasteiger partial charge on any atom is 0.143 e. The first-order chi connectivity index (χ1) is 19.2. The number of rotatable bonds is 4. The van der Waals surface area contributed by atoms with Gasteiger partial charge in [0.05, 0.1) is 0 Å². The lowest BCUT2D eigenvalue weighted by atomic mass is 9.87. The van der Waals surface area contributed by atoms with Crippen LogP contribution in [0.3, 0.4) is 0 Å². The number of hydrogen-bond donors (Lipinski definition) is 0. The average molecular weight is 501 g/mol. The first kappa shape index (κ1) is 23.3. The molecule has 0 saturated heterocycles. The van der Waals surface area contributed by atoms with Crippen LogP contribution >= 0.6 is 0 Å². The summed E-state index contributed by atoms with van der Waals surface area (Å²) >= 11 is 0. The molecule has 6 aromatic carbocycles. The van der Waals surface area contributed by atoms with Crippen LogP contribution in [0, 0.1) is 13.8 Å². The van der Waals surface area contributed by atoms with E-state index in [9.17, 15) is 0 Å². The molecule has 0 atom stereocenters. The fourth-order valence-electron chi connectivity index (χ4n) is 5.83. The summed E-state index contributed by atoms with van der Waals surface area (Å²) in [5.74, 6) is 0. The van der Waals surface area contributed by atoms with Crippen molar-refractivity contribution < 1.29 is 4.42 Å². The van der Waals surface area contributed by atoms with E-state index in [0.717, 1.165) is 38.8 Å². The predicted molar refractivity (Wildman–Crippen MR) is 165 cm³/mol. The molecule has 0 N–H and O–H groups in total. The highest BCUT2D eigenvalue weighted by atomic mass is 16.3. The Morgan fingerprint density at radius 1 is 0.410 bits per heavy atom. The highest BCUT2D eigenvalue weighted by molar-refractivity contribution is 6.19. The summed E-state index contributed by atoms with van der Waals surface area (Å²) in [5.41, 5.74) is 13.8. The van der Waals surface area contributed by atoms with E-state index in [0.29, 0.717) is 0 Å². The number of hydrogen-bond acceptors (Lipinski definition) is 1. The van der Waals surface area contributed by atoms with E-state index in [1.807, 2.05) is 0 Å². The summed E-state index contributed by atoms with van der Waals surface area (Å²) in [4.78, 5) is 0. The number of aryl methyl sites for hydroxylation is 2. The van der Waals surface area contributed by atoms with Crippen LogP contribution in [0.15, 0.2) is 138 Å². The van der Waals surface area contributed by atoms with Crippen molar-refractivity contribution in [2.75, 3.05) is 0 Å². The molecule has 0 radical (unpaired) electrons. The molecule has 1 nitrogen and oxygen atoms in total. The summed E-state index contributed by atoms with van der Waals surface area (Å²) in [7, 11) is 0. The third-order valence-electron chi connectivity index (χ3n) is 7.75. The van der Waals surface area contributed by atoms with Crippen molar-refractivity contribution in [3.8, 4) is 44.5 Å². The first-order valence-electron chi connectivity index (χ1n) is 13.4. The van der Waals surface area contributed by atoms with Gasteiger partial charge >= 0.3 is 0 Å². The third kappa shape index (κ3) is 3.95. The van der Waals surface area contributed by atoms with Gasteiger partial charge in [0.15, 0.2) is 0 Å². The van der Waals surface area contributed by atoms with Crippen molar-refractivity contribution in [1.29, 1.82) is 0 Å². The molecule has 0 fully saturated rings. The Labute approximate surface area is 229 Å². The van der Waals surface area contributed by atoms with E-state index < -0.39 is 0 Å². The van der Waals surface area contributed by atoms with Gasteiger partial charge in [-0.1, -0.05) is 121 Å². The minimum Gasteiger partial charge on any atom is -0.455 e. The zero-order chi connectivity index (χ0) is 26.3. The van der Waals surface area contributed by atoms with Gasteiger partial charge in [0.25, 0.3) is 0 Å². The highest BCUT2D eigenvalue weighted by Gasteiger charge is 2.22. The molecule has 0 bridgehead atoms. The van der Waals surface area contributed by atoms with Crippen LogP contribution in [0.25, 0.3) is 66.4 Å². The van der Waals surface area contributed by atoms with Crippen LogP contribution in [-0.2, 0) is 0 Å². The number of benzene rings is 6. The van der Waals surface area contributed by atoms with E-state index in [1.54, 1.807) is 0 Å². The molecule has 0 aliphatic carbocycles. The van der Waals surface area contributed by atoms with Crippen molar-refractivity contribution in [3.05, 3.63) is 145 Å². The minimum absolute atomic E-state index is 0.930. The molecule has 0 aliphatic heterocycles. The Hall–Kier alpha value is -4.88. The Balaban J connectivity index is 1.59. The van der Waals surface area contributed by atoms with E-state index in [-0.39, 0.29) is 0 Å². The van der Waals surface area contributed by atoms with Crippen LogP contribution in [0.4, 0.5) is 0 Å². The molecule has 7 aromatic rings. The number of fused-ring (bicyclic) bond motifs is 3. The number of para-hydroxylation sites is 1. The molecule has 39 heavy (non-hydrogen) atoms. The maximum absolute atomic E-state index is 6.90. The van der Waals surface area contributed by atoms with Gasteiger partial charge in [0.1, 0.15) is 11.2 Å². The van der Waals surface area contributed by atoms with Crippen molar-refractivity contribution in [1.82, 2.24) is 0 Å². The molecule has 0 aliphatic rings. The van der Waals surface area contributed by atoms with Crippen molar-refractivity contribution >= 4 is 21.9 Å². The predicted octanol–water partition coefficient (Wildman–Crippen LogP) is 10.9. The van der Waals surface area contributed by atoms with Crippen molar-refractivity contribution in [3.63, 3.8) is 0 Å². The fraction of sp³-hybridized carbons (Fsp3) is 0.0526. The molecule has 0 saturated carbocycles. The van der Waals surface area contributed by atoms with Gasteiger partial charge < -0.3 is 4.42 Å². The molecule has 186 valence electrons. The molecule has 1 heterocycles. The molecule has 1 aromatic heterocycles. The molecule has 1 heteroatoms. The largest absolute Gasteiger partial charge is 0.455 e. The fourth-order valence-corrected chi connectivity index (χ4v) is 5.83. The van der Waals surface area contributed by atoms with Gasteiger partial charge in [-0.15, -0.1) is 0 Å². The second-order valence-electron chi connectivity index (χ2n) is 10.2. The molecule has 7 rings (SSSR count). The normalized spacial score (nSPS) is 11.3. The number of furan rings is 1. The molecule has 0 spiro atoms. The Morgan fingerprint density at radius 3 is 1.69 bits per heavy atom. The molecule has 0 amide bonds. The SMILES string of the molecule is Cc1ccc(-c2ccccc2)cc1-c1c(C)cc(-c2ccccc2)c2oc3c(-c4ccccc4)cccc3c12. The van der Waals surface area contributed by atoms with Gasteiger partial charge in [-0.2, -0.15) is 0 Å². The van der Waals surface area contributed by atoms with E-state index in [1.165, 1.54) is 38.8 Å². The summed E-state index contributed by atoms with van der Waals surface area (Å²) in [5, 5.41) is 2.32. The average Bonchev–Trinajstić information content (AvgIpc) is 3.38. The van der Waals surface area contributed by atoms with Gasteiger partial charge in [-0.25, -0.2) is 0 Å². The third-order valence-corrected chi connectivity index (χ3v) is 7.75. The quantitative estimate of drug-likeness (QED) is 0.234. The van der Waals surface area contributed by atoms with Crippen LogP contribution in [-0.4, -0.2) is 0 Å². The zero-order valence-electron chi connectivity index (χ0n) is 22.1. The summed E-state index contributed by atoms with van der Waals surface area (Å²) in [6.45, 7) is 4.44. The summed E-state index contributed by atoms with van der Waals surface area (Å²) < 4.78 is 6.90. The maximum atomic E-state index is 6.90. The molecule has 0 unspecified atom stereocenters. The van der Waals surface area contributed by atoms with Gasteiger partial charge in [0.2, 0.25) is 0 Å². The van der Waals surface area contributed by atoms with Crippen LogP contribution in [0.2, 0.25) is 0 Å².